The molecule has 1 aromatic carbocycles. The summed E-state index contributed by atoms with van der Waals surface area (Å²) in [6.45, 7) is 3.97. The Balaban J connectivity index is 1.92. The van der Waals surface area contributed by atoms with Crippen molar-refractivity contribution in [2.45, 2.75) is 38.8 Å². The Morgan fingerprint density at radius 2 is 2.04 bits per heavy atom. The van der Waals surface area contributed by atoms with Crippen LogP contribution in [0.5, 0.6) is 0 Å². The lowest BCUT2D eigenvalue weighted by Gasteiger charge is -2.19. The molecule has 2 aromatic rings. The van der Waals surface area contributed by atoms with E-state index in [-0.39, 0.29) is 24.7 Å². The van der Waals surface area contributed by atoms with Crippen LogP contribution in [0.3, 0.4) is 0 Å². The van der Waals surface area contributed by atoms with Gasteiger partial charge in [0.2, 0.25) is 0 Å². The second-order valence-corrected chi connectivity index (χ2v) is 5.39. The summed E-state index contributed by atoms with van der Waals surface area (Å²) >= 11 is 0. The van der Waals surface area contributed by atoms with Gasteiger partial charge in [0.15, 0.2) is 0 Å². The van der Waals surface area contributed by atoms with Crippen molar-refractivity contribution in [2.75, 3.05) is 6.61 Å². The van der Waals surface area contributed by atoms with Crippen molar-refractivity contribution in [3.8, 4) is 5.69 Å². The maximum Gasteiger partial charge on any atom is 0.315 e. The van der Waals surface area contributed by atoms with E-state index >= 15 is 0 Å². The molecule has 2 unspecified atom stereocenters. The molecule has 2 amide bonds. The summed E-state index contributed by atoms with van der Waals surface area (Å²) in [5.41, 5.74) is 1.91. The number of aromatic nitrogens is 3. The van der Waals surface area contributed by atoms with Crippen LogP contribution >= 0.6 is 0 Å². The minimum atomic E-state index is -0.224. The fourth-order valence-corrected chi connectivity index (χ4v) is 2.30. The number of hydrogen-bond acceptors (Lipinski definition) is 4. The molecule has 0 saturated heterocycles. The van der Waals surface area contributed by atoms with Crippen molar-refractivity contribution in [1.29, 1.82) is 0 Å². The summed E-state index contributed by atoms with van der Waals surface area (Å²) in [5.74, 6) is 0. The topological polar surface area (TPSA) is 92.1 Å². The summed E-state index contributed by atoms with van der Waals surface area (Å²) in [6, 6.07) is 7.41. The Kier molecular flexibility index (Phi) is 6.10. The number of rotatable bonds is 7. The zero-order chi connectivity index (χ0) is 16.7. The van der Waals surface area contributed by atoms with Crippen LogP contribution in [0.15, 0.2) is 36.9 Å². The molecule has 7 nitrogen and oxygen atoms in total. The standard InChI is InChI=1S/C16H23N5O2/c1-3-14(8-9-22)20-16(23)19-12(2)13-4-6-15(7-5-13)21-11-17-10-18-21/h4-7,10-12,14,22H,3,8-9H2,1-2H3,(H2,19,20,23). The van der Waals surface area contributed by atoms with Crippen molar-refractivity contribution in [3.63, 3.8) is 0 Å². The lowest BCUT2D eigenvalue weighted by atomic mass is 10.1. The van der Waals surface area contributed by atoms with Gasteiger partial charge in [-0.3, -0.25) is 0 Å². The number of carbonyl (C=O) groups is 1. The third-order valence-electron chi connectivity index (χ3n) is 3.73. The SMILES string of the molecule is CCC(CCO)NC(=O)NC(C)c1ccc(-n2cncn2)cc1. The van der Waals surface area contributed by atoms with Crippen LogP contribution in [0.25, 0.3) is 5.69 Å². The summed E-state index contributed by atoms with van der Waals surface area (Å²) in [5, 5.41) is 18.8. The molecule has 124 valence electrons. The number of hydrogen-bond donors (Lipinski definition) is 3. The van der Waals surface area contributed by atoms with Crippen molar-refractivity contribution in [2.24, 2.45) is 0 Å². The van der Waals surface area contributed by atoms with Gasteiger partial charge in [-0.05, 0) is 37.5 Å². The highest BCUT2D eigenvalue weighted by Crippen LogP contribution is 2.15. The van der Waals surface area contributed by atoms with Crippen LogP contribution in [0.2, 0.25) is 0 Å². The van der Waals surface area contributed by atoms with E-state index in [1.165, 1.54) is 6.33 Å². The Morgan fingerprint density at radius 3 is 2.61 bits per heavy atom. The zero-order valence-electron chi connectivity index (χ0n) is 13.4. The molecule has 2 atom stereocenters. The van der Waals surface area contributed by atoms with E-state index < -0.39 is 0 Å². The van der Waals surface area contributed by atoms with E-state index in [1.807, 2.05) is 38.1 Å². The Hall–Kier alpha value is -2.41. The van der Waals surface area contributed by atoms with Crippen LogP contribution in [0.4, 0.5) is 4.79 Å². The van der Waals surface area contributed by atoms with E-state index in [2.05, 4.69) is 20.7 Å². The number of urea groups is 1. The zero-order valence-corrected chi connectivity index (χ0v) is 13.4. The normalized spacial score (nSPS) is 13.3. The molecule has 23 heavy (non-hydrogen) atoms. The van der Waals surface area contributed by atoms with Crippen LogP contribution in [0, 0.1) is 0 Å². The quantitative estimate of drug-likeness (QED) is 0.726. The Bertz CT molecular complexity index is 597. The van der Waals surface area contributed by atoms with Gasteiger partial charge in [0, 0.05) is 12.6 Å². The Morgan fingerprint density at radius 1 is 1.30 bits per heavy atom. The third-order valence-corrected chi connectivity index (χ3v) is 3.73. The minimum absolute atomic E-state index is 0.0121. The van der Waals surface area contributed by atoms with Gasteiger partial charge in [-0.15, -0.1) is 0 Å². The number of nitrogens with one attached hydrogen (secondary N) is 2. The highest BCUT2D eigenvalue weighted by Gasteiger charge is 2.13. The van der Waals surface area contributed by atoms with Crippen molar-refractivity contribution in [3.05, 3.63) is 42.5 Å². The smallest absolute Gasteiger partial charge is 0.315 e. The van der Waals surface area contributed by atoms with E-state index in [0.717, 1.165) is 17.7 Å². The first-order valence-electron chi connectivity index (χ1n) is 7.77. The van der Waals surface area contributed by atoms with Gasteiger partial charge in [0.1, 0.15) is 12.7 Å². The fourth-order valence-electron chi connectivity index (χ4n) is 2.30. The molecule has 1 aromatic heterocycles. The molecule has 0 bridgehead atoms. The third kappa shape index (κ3) is 4.79. The number of aliphatic hydroxyl groups excluding tert-OH is 1. The molecule has 2 rings (SSSR count). The highest BCUT2D eigenvalue weighted by molar-refractivity contribution is 5.74. The van der Waals surface area contributed by atoms with E-state index in [0.29, 0.717) is 6.42 Å². The van der Waals surface area contributed by atoms with Gasteiger partial charge >= 0.3 is 6.03 Å². The van der Waals surface area contributed by atoms with Crippen molar-refractivity contribution < 1.29 is 9.90 Å². The summed E-state index contributed by atoms with van der Waals surface area (Å²) in [7, 11) is 0. The molecule has 0 aliphatic carbocycles. The second-order valence-electron chi connectivity index (χ2n) is 5.39. The van der Waals surface area contributed by atoms with Crippen LogP contribution in [0.1, 0.15) is 38.3 Å². The first kappa shape index (κ1) is 17.0. The highest BCUT2D eigenvalue weighted by atomic mass is 16.3. The predicted octanol–water partition coefficient (Wildman–Crippen LogP) is 1.79. The lowest BCUT2D eigenvalue weighted by Crippen LogP contribution is -2.43. The van der Waals surface area contributed by atoms with Gasteiger partial charge in [-0.1, -0.05) is 19.1 Å². The Labute approximate surface area is 135 Å². The van der Waals surface area contributed by atoms with E-state index in [9.17, 15) is 4.79 Å². The number of aliphatic hydroxyl groups is 1. The van der Waals surface area contributed by atoms with Gasteiger partial charge in [-0.2, -0.15) is 5.10 Å². The summed E-state index contributed by atoms with van der Waals surface area (Å²) in [4.78, 5) is 15.9. The number of amides is 2. The van der Waals surface area contributed by atoms with Crippen molar-refractivity contribution >= 4 is 6.03 Å². The monoisotopic (exact) mass is 317 g/mol. The first-order valence-corrected chi connectivity index (χ1v) is 7.77. The summed E-state index contributed by atoms with van der Waals surface area (Å²) < 4.78 is 1.68. The molecule has 0 saturated carbocycles. The van der Waals surface area contributed by atoms with E-state index in [4.69, 9.17) is 5.11 Å². The molecule has 0 aliphatic rings. The molecule has 0 spiro atoms. The number of benzene rings is 1. The first-order chi connectivity index (χ1) is 11.1. The molecule has 0 aliphatic heterocycles. The second kappa shape index (κ2) is 8.28. The van der Waals surface area contributed by atoms with Crippen LogP contribution in [-0.2, 0) is 0 Å². The molecule has 7 heteroatoms. The average Bonchev–Trinajstić information content (AvgIpc) is 3.09. The van der Waals surface area contributed by atoms with E-state index in [1.54, 1.807) is 11.0 Å². The maximum absolute atomic E-state index is 12.0. The fraction of sp³-hybridized carbons (Fsp3) is 0.438. The largest absolute Gasteiger partial charge is 0.396 e. The maximum atomic E-state index is 12.0. The predicted molar refractivity (Wildman–Crippen MR) is 87.2 cm³/mol. The molecular formula is C16H23N5O2. The van der Waals surface area contributed by atoms with Gasteiger partial charge in [0.05, 0.1) is 11.7 Å². The van der Waals surface area contributed by atoms with Crippen molar-refractivity contribution in [1.82, 2.24) is 25.4 Å². The number of nitrogens with zero attached hydrogens (tertiary/aromatic N) is 3. The van der Waals surface area contributed by atoms with Gasteiger partial charge in [-0.25, -0.2) is 14.5 Å². The van der Waals surface area contributed by atoms with Crippen LogP contribution < -0.4 is 10.6 Å². The van der Waals surface area contributed by atoms with Crippen LogP contribution in [-0.4, -0.2) is 38.6 Å². The van der Waals surface area contributed by atoms with Gasteiger partial charge in [0.25, 0.3) is 0 Å². The molecule has 0 radical (unpaired) electrons. The minimum Gasteiger partial charge on any atom is -0.396 e. The lowest BCUT2D eigenvalue weighted by molar-refractivity contribution is 0.225. The average molecular weight is 317 g/mol. The summed E-state index contributed by atoms with van der Waals surface area (Å²) in [6.07, 6.45) is 4.47. The molecule has 0 fully saturated rings. The molecular weight excluding hydrogens is 294 g/mol. The molecule has 1 heterocycles. The number of carbonyl (C=O) groups excluding carboxylic acids is 1. The van der Waals surface area contributed by atoms with Gasteiger partial charge < -0.3 is 15.7 Å². The molecule has 3 N–H and O–H groups in total.